The second-order valence-corrected chi connectivity index (χ2v) is 5.23. The number of nitrogens with zero attached hydrogens (tertiary/aromatic N) is 2. The van der Waals surface area contributed by atoms with Crippen molar-refractivity contribution in [2.75, 3.05) is 0 Å². The highest BCUT2D eigenvalue weighted by atomic mass is 79.9. The Morgan fingerprint density at radius 3 is 2.42 bits per heavy atom. The molecule has 0 aliphatic rings. The summed E-state index contributed by atoms with van der Waals surface area (Å²) < 4.78 is 5.83. The molecule has 2 aromatic rings. The normalized spacial score (nSPS) is 10.3. The lowest BCUT2D eigenvalue weighted by Crippen LogP contribution is -1.96. The predicted molar refractivity (Wildman–Crippen MR) is 75.1 cm³/mol. The van der Waals surface area contributed by atoms with Gasteiger partial charge in [-0.15, -0.1) is 0 Å². The minimum absolute atomic E-state index is 0.133. The van der Waals surface area contributed by atoms with Crippen LogP contribution in [-0.2, 0) is 0 Å². The van der Waals surface area contributed by atoms with Gasteiger partial charge in [0.1, 0.15) is 5.75 Å². The molecule has 1 heterocycles. The molecule has 0 bridgehead atoms. The van der Waals surface area contributed by atoms with E-state index >= 15 is 0 Å². The Bertz CT molecular complexity index is 632. The van der Waals surface area contributed by atoms with E-state index in [4.69, 9.17) is 27.9 Å². The molecule has 98 valence electrons. The Morgan fingerprint density at radius 1 is 1.21 bits per heavy atom. The van der Waals surface area contributed by atoms with Crippen LogP contribution in [0.5, 0.6) is 11.6 Å². The van der Waals surface area contributed by atoms with Gasteiger partial charge < -0.3 is 4.74 Å². The van der Waals surface area contributed by atoms with E-state index in [2.05, 4.69) is 20.9 Å². The van der Waals surface area contributed by atoms with Gasteiger partial charge >= 0.3 is 5.69 Å². The molecule has 8 heteroatoms. The SMILES string of the molecule is O=[N+]([O-])c1cc(Br)cnc1Oc1cc(Cl)cc(Cl)c1. The topological polar surface area (TPSA) is 65.3 Å². The minimum Gasteiger partial charge on any atom is -0.434 e. The summed E-state index contributed by atoms with van der Waals surface area (Å²) in [4.78, 5) is 14.2. The number of aromatic nitrogens is 1. The van der Waals surface area contributed by atoms with Crippen molar-refractivity contribution < 1.29 is 9.66 Å². The van der Waals surface area contributed by atoms with Gasteiger partial charge in [0, 0.05) is 26.8 Å². The zero-order valence-electron chi connectivity index (χ0n) is 9.14. The molecule has 0 amide bonds. The molecule has 0 N–H and O–H groups in total. The lowest BCUT2D eigenvalue weighted by molar-refractivity contribution is -0.386. The molecule has 0 saturated heterocycles. The van der Waals surface area contributed by atoms with Crippen molar-refractivity contribution in [3.8, 4) is 11.6 Å². The molecule has 0 spiro atoms. The lowest BCUT2D eigenvalue weighted by atomic mass is 10.3. The highest BCUT2D eigenvalue weighted by Gasteiger charge is 2.18. The summed E-state index contributed by atoms with van der Waals surface area (Å²) in [6.07, 6.45) is 1.40. The molecule has 19 heavy (non-hydrogen) atoms. The largest absolute Gasteiger partial charge is 0.434 e. The van der Waals surface area contributed by atoms with Gasteiger partial charge in [-0.2, -0.15) is 0 Å². The molecule has 0 aliphatic heterocycles. The van der Waals surface area contributed by atoms with E-state index in [1.165, 1.54) is 30.5 Å². The number of ether oxygens (including phenoxy) is 1. The van der Waals surface area contributed by atoms with Crippen LogP contribution in [0.1, 0.15) is 0 Å². The summed E-state index contributed by atoms with van der Waals surface area (Å²) >= 11 is 14.7. The van der Waals surface area contributed by atoms with Gasteiger partial charge in [-0.25, -0.2) is 4.98 Å². The van der Waals surface area contributed by atoms with Crippen LogP contribution >= 0.6 is 39.1 Å². The van der Waals surface area contributed by atoms with Crippen LogP contribution in [0.15, 0.2) is 34.9 Å². The zero-order chi connectivity index (χ0) is 14.0. The van der Waals surface area contributed by atoms with Gasteiger partial charge in [-0.05, 0) is 34.1 Å². The average Bonchev–Trinajstić information content (AvgIpc) is 2.30. The van der Waals surface area contributed by atoms with Gasteiger partial charge in [-0.1, -0.05) is 23.2 Å². The van der Waals surface area contributed by atoms with Gasteiger partial charge in [-0.3, -0.25) is 10.1 Å². The van der Waals surface area contributed by atoms with Crippen molar-refractivity contribution in [3.63, 3.8) is 0 Å². The molecule has 0 aliphatic carbocycles. The molecule has 0 atom stereocenters. The highest BCUT2D eigenvalue weighted by Crippen LogP contribution is 2.33. The standard InChI is InChI=1S/C11H5BrCl2N2O3/c12-6-1-10(16(17)18)11(15-5-6)19-9-3-7(13)2-8(14)4-9/h1-5H. The third kappa shape index (κ3) is 3.56. The number of pyridine rings is 1. The van der Waals surface area contributed by atoms with Crippen LogP contribution in [0.2, 0.25) is 10.0 Å². The Hall–Kier alpha value is -1.37. The van der Waals surface area contributed by atoms with Crippen LogP contribution in [0.25, 0.3) is 0 Å². The molecule has 1 aromatic heterocycles. The van der Waals surface area contributed by atoms with Crippen LogP contribution < -0.4 is 4.74 Å². The molecule has 0 fully saturated rings. The zero-order valence-corrected chi connectivity index (χ0v) is 12.2. The summed E-state index contributed by atoms with van der Waals surface area (Å²) in [5.74, 6) is 0.141. The van der Waals surface area contributed by atoms with E-state index in [9.17, 15) is 10.1 Å². The van der Waals surface area contributed by atoms with Crippen LogP contribution in [0.4, 0.5) is 5.69 Å². The molecule has 2 rings (SSSR count). The second kappa shape index (κ2) is 5.73. The number of halogens is 3. The maximum Gasteiger partial charge on any atom is 0.332 e. The number of benzene rings is 1. The van der Waals surface area contributed by atoms with E-state index < -0.39 is 4.92 Å². The first-order chi connectivity index (χ1) is 8.95. The Labute approximate surface area is 126 Å². The van der Waals surface area contributed by atoms with Crippen molar-refractivity contribution in [1.82, 2.24) is 4.98 Å². The first-order valence-electron chi connectivity index (χ1n) is 4.89. The maximum absolute atomic E-state index is 10.9. The summed E-state index contributed by atoms with van der Waals surface area (Å²) in [6.45, 7) is 0. The fourth-order valence-corrected chi connectivity index (χ4v) is 2.15. The third-order valence-electron chi connectivity index (χ3n) is 2.05. The number of rotatable bonds is 3. The molecular weight excluding hydrogens is 359 g/mol. The Morgan fingerprint density at radius 2 is 1.84 bits per heavy atom. The third-order valence-corrected chi connectivity index (χ3v) is 2.92. The van der Waals surface area contributed by atoms with E-state index in [0.29, 0.717) is 14.5 Å². The summed E-state index contributed by atoms with van der Waals surface area (Å²) in [7, 11) is 0. The van der Waals surface area contributed by atoms with Gasteiger partial charge in [0.2, 0.25) is 0 Å². The quantitative estimate of drug-likeness (QED) is 0.577. The first-order valence-corrected chi connectivity index (χ1v) is 6.44. The smallest absolute Gasteiger partial charge is 0.332 e. The average molecular weight is 364 g/mol. The lowest BCUT2D eigenvalue weighted by Gasteiger charge is -2.06. The van der Waals surface area contributed by atoms with Crippen molar-refractivity contribution in [2.24, 2.45) is 0 Å². The number of hydrogen-bond donors (Lipinski definition) is 0. The van der Waals surface area contributed by atoms with Crippen LogP contribution in [0.3, 0.4) is 0 Å². The highest BCUT2D eigenvalue weighted by molar-refractivity contribution is 9.10. The molecule has 0 unspecified atom stereocenters. The monoisotopic (exact) mass is 362 g/mol. The fourth-order valence-electron chi connectivity index (χ4n) is 1.32. The van der Waals surface area contributed by atoms with Gasteiger partial charge in [0.25, 0.3) is 5.88 Å². The van der Waals surface area contributed by atoms with E-state index in [0.717, 1.165) is 0 Å². The van der Waals surface area contributed by atoms with E-state index in [-0.39, 0.29) is 17.3 Å². The number of nitro groups is 1. The molecule has 1 aromatic carbocycles. The van der Waals surface area contributed by atoms with Crippen LogP contribution in [0, 0.1) is 10.1 Å². The summed E-state index contributed by atoms with van der Waals surface area (Å²) in [5.41, 5.74) is -0.259. The minimum atomic E-state index is -0.584. The molecule has 0 saturated carbocycles. The van der Waals surface area contributed by atoms with Crippen molar-refractivity contribution in [3.05, 3.63) is 55.1 Å². The van der Waals surface area contributed by atoms with Crippen LogP contribution in [-0.4, -0.2) is 9.91 Å². The Kier molecular flexibility index (Phi) is 4.24. The summed E-state index contributed by atoms with van der Waals surface area (Å²) in [6, 6.07) is 5.80. The predicted octanol–water partition coefficient (Wildman–Crippen LogP) is 4.85. The Balaban J connectivity index is 2.40. The van der Waals surface area contributed by atoms with E-state index in [1.54, 1.807) is 0 Å². The van der Waals surface area contributed by atoms with Crippen molar-refractivity contribution >= 4 is 44.8 Å². The molecule has 5 nitrogen and oxygen atoms in total. The maximum atomic E-state index is 10.9. The van der Waals surface area contributed by atoms with Gasteiger partial charge in [0.15, 0.2) is 0 Å². The summed E-state index contributed by atoms with van der Waals surface area (Å²) in [5, 5.41) is 11.6. The molecule has 0 radical (unpaired) electrons. The van der Waals surface area contributed by atoms with E-state index in [1.807, 2.05) is 0 Å². The molecular formula is C11H5BrCl2N2O3. The first kappa shape index (κ1) is 14.0. The van der Waals surface area contributed by atoms with Crippen molar-refractivity contribution in [2.45, 2.75) is 0 Å². The number of hydrogen-bond acceptors (Lipinski definition) is 4. The second-order valence-electron chi connectivity index (χ2n) is 3.44. The fraction of sp³-hybridized carbons (Fsp3) is 0. The van der Waals surface area contributed by atoms with Gasteiger partial charge in [0.05, 0.1) is 4.92 Å². The van der Waals surface area contributed by atoms with Crippen molar-refractivity contribution in [1.29, 1.82) is 0 Å².